The third kappa shape index (κ3) is 4.34. The van der Waals surface area contributed by atoms with Gasteiger partial charge in [0.25, 0.3) is 0 Å². The molecule has 0 amide bonds. The van der Waals surface area contributed by atoms with Crippen molar-refractivity contribution in [2.45, 2.75) is 6.04 Å². The van der Waals surface area contributed by atoms with Crippen LogP contribution in [0.25, 0.3) is 16.8 Å². The van der Waals surface area contributed by atoms with Gasteiger partial charge in [0.15, 0.2) is 0 Å². The zero-order valence-electron chi connectivity index (χ0n) is 14.2. The molecule has 0 aromatic heterocycles. The minimum Gasteiger partial charge on any atom is -0.468 e. The lowest BCUT2D eigenvalue weighted by Gasteiger charge is -2.16. The van der Waals surface area contributed by atoms with E-state index in [0.29, 0.717) is 6.54 Å². The van der Waals surface area contributed by atoms with Gasteiger partial charge < -0.3 is 4.74 Å². The molecule has 0 fully saturated rings. The normalized spacial score (nSPS) is 12.4. The average molecular weight is 331 g/mol. The molecule has 3 nitrogen and oxygen atoms in total. The number of hydrogen-bond acceptors (Lipinski definition) is 3. The van der Waals surface area contributed by atoms with Gasteiger partial charge >= 0.3 is 5.97 Å². The quantitative estimate of drug-likeness (QED) is 0.682. The molecule has 0 aliphatic carbocycles. The van der Waals surface area contributed by atoms with Crippen LogP contribution >= 0.6 is 0 Å². The van der Waals surface area contributed by atoms with Crippen molar-refractivity contribution in [2.75, 3.05) is 13.7 Å². The van der Waals surface area contributed by atoms with Gasteiger partial charge in [0, 0.05) is 6.54 Å². The molecule has 0 radical (unpaired) electrons. The molecule has 0 saturated heterocycles. The van der Waals surface area contributed by atoms with E-state index in [9.17, 15) is 4.79 Å². The molecular formula is C22H21NO2. The van der Waals surface area contributed by atoms with Crippen LogP contribution in [-0.4, -0.2) is 19.6 Å². The molecule has 3 rings (SSSR count). The first-order valence-corrected chi connectivity index (χ1v) is 8.29. The fourth-order valence-electron chi connectivity index (χ4n) is 2.79. The molecule has 0 heterocycles. The number of ether oxygens (including phenoxy) is 1. The lowest BCUT2D eigenvalue weighted by molar-refractivity contribution is -0.143. The van der Waals surface area contributed by atoms with E-state index >= 15 is 0 Å². The van der Waals surface area contributed by atoms with E-state index in [-0.39, 0.29) is 5.97 Å². The Morgan fingerprint density at radius 2 is 1.72 bits per heavy atom. The predicted molar refractivity (Wildman–Crippen MR) is 102 cm³/mol. The highest BCUT2D eigenvalue weighted by atomic mass is 16.5. The molecule has 3 aromatic carbocycles. The van der Waals surface area contributed by atoms with Crippen LogP contribution in [-0.2, 0) is 9.53 Å². The van der Waals surface area contributed by atoms with Crippen molar-refractivity contribution in [3.8, 4) is 0 Å². The van der Waals surface area contributed by atoms with Crippen molar-refractivity contribution in [2.24, 2.45) is 0 Å². The molecule has 126 valence electrons. The predicted octanol–water partition coefficient (Wildman–Crippen LogP) is 4.36. The molecule has 0 unspecified atom stereocenters. The Morgan fingerprint density at radius 3 is 2.48 bits per heavy atom. The van der Waals surface area contributed by atoms with E-state index in [1.165, 1.54) is 7.11 Å². The lowest BCUT2D eigenvalue weighted by Crippen LogP contribution is -2.29. The first-order chi connectivity index (χ1) is 12.3. The molecule has 1 N–H and O–H groups in total. The summed E-state index contributed by atoms with van der Waals surface area (Å²) in [6.07, 6.45) is 4.04. The summed E-state index contributed by atoms with van der Waals surface area (Å²) in [5.41, 5.74) is 2.03. The summed E-state index contributed by atoms with van der Waals surface area (Å²) in [6.45, 7) is 0.571. The van der Waals surface area contributed by atoms with Crippen molar-refractivity contribution in [1.82, 2.24) is 5.32 Å². The molecule has 0 bridgehead atoms. The molecule has 25 heavy (non-hydrogen) atoms. The second kappa shape index (κ2) is 8.27. The number of carbonyl (C=O) groups is 1. The van der Waals surface area contributed by atoms with Crippen LogP contribution in [0.15, 0.2) is 78.9 Å². The van der Waals surface area contributed by atoms with E-state index in [1.807, 2.05) is 78.9 Å². The smallest absolute Gasteiger partial charge is 0.327 e. The monoisotopic (exact) mass is 331 g/mol. The van der Waals surface area contributed by atoms with Crippen molar-refractivity contribution >= 4 is 22.8 Å². The zero-order valence-corrected chi connectivity index (χ0v) is 14.2. The summed E-state index contributed by atoms with van der Waals surface area (Å²) in [5, 5.41) is 5.52. The highest BCUT2D eigenvalue weighted by Gasteiger charge is 2.20. The molecule has 3 heteroatoms. The van der Waals surface area contributed by atoms with Crippen LogP contribution < -0.4 is 5.32 Å². The Bertz CT molecular complexity index is 871. The first kappa shape index (κ1) is 16.9. The Labute approximate surface area is 147 Å². The Kier molecular flexibility index (Phi) is 5.60. The zero-order chi connectivity index (χ0) is 17.5. The van der Waals surface area contributed by atoms with Crippen molar-refractivity contribution < 1.29 is 9.53 Å². The third-order valence-electron chi connectivity index (χ3n) is 4.09. The largest absolute Gasteiger partial charge is 0.468 e. The van der Waals surface area contributed by atoms with Gasteiger partial charge in [-0.2, -0.15) is 0 Å². The Balaban J connectivity index is 1.74. The van der Waals surface area contributed by atoms with Crippen molar-refractivity contribution in [1.29, 1.82) is 0 Å². The van der Waals surface area contributed by atoms with Gasteiger partial charge in [-0.25, -0.2) is 4.79 Å². The van der Waals surface area contributed by atoms with Crippen molar-refractivity contribution in [3.05, 3.63) is 90.0 Å². The number of rotatable bonds is 6. The van der Waals surface area contributed by atoms with Gasteiger partial charge in [-0.15, -0.1) is 0 Å². The Morgan fingerprint density at radius 1 is 1.00 bits per heavy atom. The van der Waals surface area contributed by atoms with Gasteiger partial charge in [0.05, 0.1) is 7.11 Å². The van der Waals surface area contributed by atoms with Gasteiger partial charge in [-0.05, 0) is 28.0 Å². The molecule has 3 aromatic rings. The summed E-state index contributed by atoms with van der Waals surface area (Å²) in [6, 6.07) is 23.7. The summed E-state index contributed by atoms with van der Waals surface area (Å²) in [5.74, 6) is -0.289. The number of hydrogen-bond donors (Lipinski definition) is 1. The summed E-state index contributed by atoms with van der Waals surface area (Å²) in [7, 11) is 1.41. The summed E-state index contributed by atoms with van der Waals surface area (Å²) in [4.78, 5) is 12.2. The molecule has 0 aliphatic heterocycles. The highest BCUT2D eigenvalue weighted by molar-refractivity contribution is 5.85. The summed E-state index contributed by atoms with van der Waals surface area (Å²) >= 11 is 0. The third-order valence-corrected chi connectivity index (χ3v) is 4.09. The van der Waals surface area contributed by atoms with Gasteiger partial charge in [-0.1, -0.05) is 78.9 Å². The van der Waals surface area contributed by atoms with E-state index < -0.39 is 6.04 Å². The maximum Gasteiger partial charge on any atom is 0.327 e. The SMILES string of the molecule is COC(=O)[C@H](NC/C=C/c1ccccc1)c1ccc2ccccc2c1. The first-order valence-electron chi connectivity index (χ1n) is 8.29. The number of esters is 1. The number of carbonyl (C=O) groups excluding carboxylic acids is 1. The van der Waals surface area contributed by atoms with Crippen LogP contribution in [0.4, 0.5) is 0 Å². The Hall–Kier alpha value is -2.91. The van der Waals surface area contributed by atoms with Crippen LogP contribution in [0.2, 0.25) is 0 Å². The molecule has 0 aliphatic rings. The van der Waals surface area contributed by atoms with E-state index in [2.05, 4.69) is 11.4 Å². The highest BCUT2D eigenvalue weighted by Crippen LogP contribution is 2.21. The topological polar surface area (TPSA) is 38.3 Å². The van der Waals surface area contributed by atoms with Crippen LogP contribution in [0.1, 0.15) is 17.2 Å². The van der Waals surface area contributed by atoms with Crippen LogP contribution in [0, 0.1) is 0 Å². The van der Waals surface area contributed by atoms with E-state index in [4.69, 9.17) is 4.74 Å². The van der Waals surface area contributed by atoms with E-state index in [1.54, 1.807) is 0 Å². The van der Waals surface area contributed by atoms with Gasteiger partial charge in [0.2, 0.25) is 0 Å². The molecule has 0 saturated carbocycles. The van der Waals surface area contributed by atoms with E-state index in [0.717, 1.165) is 21.9 Å². The maximum absolute atomic E-state index is 12.2. The van der Waals surface area contributed by atoms with Crippen molar-refractivity contribution in [3.63, 3.8) is 0 Å². The van der Waals surface area contributed by atoms with Gasteiger partial charge in [0.1, 0.15) is 6.04 Å². The average Bonchev–Trinajstić information content (AvgIpc) is 2.68. The number of nitrogens with one attached hydrogen (secondary N) is 1. The summed E-state index contributed by atoms with van der Waals surface area (Å²) < 4.78 is 4.97. The molecule has 0 spiro atoms. The molecular weight excluding hydrogens is 310 g/mol. The fourth-order valence-corrected chi connectivity index (χ4v) is 2.79. The van der Waals surface area contributed by atoms with Crippen LogP contribution in [0.3, 0.4) is 0 Å². The maximum atomic E-state index is 12.2. The van der Waals surface area contributed by atoms with Gasteiger partial charge in [-0.3, -0.25) is 5.32 Å². The number of benzene rings is 3. The van der Waals surface area contributed by atoms with Crippen LogP contribution in [0.5, 0.6) is 0 Å². The number of fused-ring (bicyclic) bond motifs is 1. The molecule has 1 atom stereocenters. The minimum atomic E-state index is -0.491. The minimum absolute atomic E-state index is 0.289. The standard InChI is InChI=1S/C22H21NO2/c1-25-22(24)21(23-15-7-10-17-8-3-2-4-9-17)20-14-13-18-11-5-6-12-19(18)16-20/h2-14,16,21,23H,15H2,1H3/b10-7+/t21-/m1/s1. The fraction of sp³-hybridized carbons (Fsp3) is 0.136. The number of methoxy groups -OCH3 is 1. The second-order valence-electron chi connectivity index (χ2n) is 5.78. The lowest BCUT2D eigenvalue weighted by atomic mass is 10.0. The second-order valence-corrected chi connectivity index (χ2v) is 5.78.